The molecule has 0 amide bonds. The fourth-order valence-corrected chi connectivity index (χ4v) is 5.20. The molecule has 2 aliphatic heterocycles. The molecular formula is C25H36N4O4. The molecule has 1 aromatic heterocycles. The van der Waals surface area contributed by atoms with Gasteiger partial charge in [-0.1, -0.05) is 13.3 Å². The number of benzene rings is 1. The van der Waals surface area contributed by atoms with Gasteiger partial charge >= 0.3 is 5.97 Å². The topological polar surface area (TPSA) is 77.0 Å². The van der Waals surface area contributed by atoms with Crippen LogP contribution in [0.25, 0.3) is 10.9 Å². The molecular weight excluding hydrogens is 420 g/mol. The average molecular weight is 457 g/mol. The van der Waals surface area contributed by atoms with Gasteiger partial charge in [-0.15, -0.1) is 0 Å². The Morgan fingerprint density at radius 2 is 1.73 bits per heavy atom. The van der Waals surface area contributed by atoms with Gasteiger partial charge in [-0.3, -0.25) is 9.69 Å². The number of hydrogen-bond acceptors (Lipinski definition) is 8. The third-order valence-electron chi connectivity index (χ3n) is 7.12. The molecule has 0 aliphatic carbocycles. The maximum atomic E-state index is 12.0. The van der Waals surface area contributed by atoms with Crippen molar-refractivity contribution in [3.63, 3.8) is 0 Å². The zero-order valence-electron chi connectivity index (χ0n) is 20.3. The van der Waals surface area contributed by atoms with Crippen molar-refractivity contribution >= 4 is 22.7 Å². The standard InChI is InChI=1S/C25H36N4O4/c1-5-18-8-6-7-11-29(18)16-23-26-20-15-22(32-3)21(31-2)14-19(20)24(27-23)28-12-9-17(10-13-28)25(30)33-4/h14-15,17-18H,5-13,16H2,1-4H3/t18-/m0/s1. The largest absolute Gasteiger partial charge is 0.493 e. The molecule has 0 spiro atoms. The van der Waals surface area contributed by atoms with Crippen LogP contribution in [-0.2, 0) is 16.1 Å². The van der Waals surface area contributed by atoms with Gasteiger partial charge in [0, 0.05) is 30.6 Å². The molecule has 8 heteroatoms. The maximum Gasteiger partial charge on any atom is 0.308 e. The number of methoxy groups -OCH3 is 3. The summed E-state index contributed by atoms with van der Waals surface area (Å²) >= 11 is 0. The smallest absolute Gasteiger partial charge is 0.308 e. The van der Waals surface area contributed by atoms with Gasteiger partial charge in [0.2, 0.25) is 0 Å². The summed E-state index contributed by atoms with van der Waals surface area (Å²) in [5, 5.41) is 0.943. The van der Waals surface area contributed by atoms with Crippen molar-refractivity contribution in [2.75, 3.05) is 45.9 Å². The van der Waals surface area contributed by atoms with Crippen LogP contribution in [0.3, 0.4) is 0 Å². The molecule has 0 saturated carbocycles. The SMILES string of the molecule is CC[C@H]1CCCCN1Cc1nc(N2CCC(C(=O)OC)CC2)c2cc(OC)c(OC)cc2n1. The van der Waals surface area contributed by atoms with Crippen LogP contribution in [0.4, 0.5) is 5.82 Å². The molecule has 0 radical (unpaired) electrons. The molecule has 3 heterocycles. The molecule has 0 unspecified atom stereocenters. The lowest BCUT2D eigenvalue weighted by atomic mass is 9.97. The van der Waals surface area contributed by atoms with Crippen molar-refractivity contribution in [2.24, 2.45) is 5.92 Å². The summed E-state index contributed by atoms with van der Waals surface area (Å²) in [6, 6.07) is 4.50. The van der Waals surface area contributed by atoms with Crippen LogP contribution in [-0.4, -0.2) is 67.8 Å². The number of hydrogen-bond donors (Lipinski definition) is 0. The summed E-state index contributed by atoms with van der Waals surface area (Å²) in [6.07, 6.45) is 6.42. The Balaban J connectivity index is 1.70. The van der Waals surface area contributed by atoms with E-state index in [2.05, 4.69) is 16.7 Å². The number of esters is 1. The van der Waals surface area contributed by atoms with Crippen LogP contribution in [0.1, 0.15) is 51.3 Å². The van der Waals surface area contributed by atoms with Crippen molar-refractivity contribution in [1.82, 2.24) is 14.9 Å². The van der Waals surface area contributed by atoms with Crippen LogP contribution >= 0.6 is 0 Å². The van der Waals surface area contributed by atoms with E-state index in [1.165, 1.54) is 26.4 Å². The first-order valence-electron chi connectivity index (χ1n) is 12.1. The Morgan fingerprint density at radius 3 is 2.39 bits per heavy atom. The van der Waals surface area contributed by atoms with E-state index in [0.717, 1.165) is 68.0 Å². The summed E-state index contributed by atoms with van der Waals surface area (Å²) in [5.74, 6) is 2.89. The van der Waals surface area contributed by atoms with Gasteiger partial charge in [-0.05, 0) is 44.7 Å². The molecule has 2 fully saturated rings. The van der Waals surface area contributed by atoms with Crippen molar-refractivity contribution < 1.29 is 19.0 Å². The Labute approximate surface area is 196 Å². The molecule has 1 atom stereocenters. The molecule has 180 valence electrons. The monoisotopic (exact) mass is 456 g/mol. The second-order valence-electron chi connectivity index (χ2n) is 9.00. The van der Waals surface area contributed by atoms with Crippen molar-refractivity contribution in [1.29, 1.82) is 0 Å². The quantitative estimate of drug-likeness (QED) is 0.583. The second kappa shape index (κ2) is 10.5. The molecule has 2 aliphatic rings. The Kier molecular flexibility index (Phi) is 7.53. The normalized spacial score (nSPS) is 20.1. The van der Waals surface area contributed by atoms with Gasteiger partial charge in [0.1, 0.15) is 11.6 Å². The number of anilines is 1. The lowest BCUT2D eigenvalue weighted by molar-refractivity contribution is -0.146. The van der Waals surface area contributed by atoms with Gasteiger partial charge in [-0.25, -0.2) is 9.97 Å². The summed E-state index contributed by atoms with van der Waals surface area (Å²) < 4.78 is 16.1. The minimum absolute atomic E-state index is 0.0490. The highest BCUT2D eigenvalue weighted by Crippen LogP contribution is 2.36. The number of aromatic nitrogens is 2. The van der Waals surface area contributed by atoms with E-state index in [-0.39, 0.29) is 11.9 Å². The molecule has 0 N–H and O–H groups in total. The van der Waals surface area contributed by atoms with Crippen molar-refractivity contribution in [3.05, 3.63) is 18.0 Å². The number of ether oxygens (including phenoxy) is 3. The molecule has 8 nitrogen and oxygen atoms in total. The van der Waals surface area contributed by atoms with E-state index in [4.69, 9.17) is 24.2 Å². The van der Waals surface area contributed by atoms with Crippen LogP contribution in [0.2, 0.25) is 0 Å². The second-order valence-corrected chi connectivity index (χ2v) is 9.00. The molecule has 2 aromatic rings. The lowest BCUT2D eigenvalue weighted by Gasteiger charge is -2.35. The van der Waals surface area contributed by atoms with Crippen molar-refractivity contribution in [3.8, 4) is 11.5 Å². The predicted molar refractivity (Wildman–Crippen MR) is 128 cm³/mol. The number of piperidine rings is 2. The highest BCUT2D eigenvalue weighted by Gasteiger charge is 2.28. The van der Waals surface area contributed by atoms with Crippen molar-refractivity contribution in [2.45, 2.75) is 58.0 Å². The van der Waals surface area contributed by atoms with Gasteiger partial charge in [0.15, 0.2) is 11.5 Å². The van der Waals surface area contributed by atoms with E-state index in [1.807, 2.05) is 12.1 Å². The first-order chi connectivity index (χ1) is 16.1. The minimum Gasteiger partial charge on any atom is -0.493 e. The van der Waals surface area contributed by atoms with Gasteiger partial charge in [0.25, 0.3) is 0 Å². The number of fused-ring (bicyclic) bond motifs is 1. The van der Waals surface area contributed by atoms with Crippen LogP contribution in [0.5, 0.6) is 11.5 Å². The fraction of sp³-hybridized carbons (Fsp3) is 0.640. The first-order valence-corrected chi connectivity index (χ1v) is 12.1. The Morgan fingerprint density at radius 1 is 1.00 bits per heavy atom. The molecule has 2 saturated heterocycles. The third kappa shape index (κ3) is 5.00. The minimum atomic E-state index is -0.120. The Bertz CT molecular complexity index is 975. The van der Waals surface area contributed by atoms with Crippen LogP contribution < -0.4 is 14.4 Å². The van der Waals surface area contributed by atoms with E-state index in [0.29, 0.717) is 17.5 Å². The highest BCUT2D eigenvalue weighted by molar-refractivity contribution is 5.92. The van der Waals surface area contributed by atoms with Crippen LogP contribution in [0, 0.1) is 5.92 Å². The van der Waals surface area contributed by atoms with E-state index in [1.54, 1.807) is 14.2 Å². The Hall–Kier alpha value is -2.61. The highest BCUT2D eigenvalue weighted by atomic mass is 16.5. The summed E-state index contributed by atoms with van der Waals surface area (Å²) in [6.45, 7) is 5.60. The number of likely N-dealkylation sites (tertiary alicyclic amines) is 1. The van der Waals surface area contributed by atoms with Gasteiger partial charge < -0.3 is 19.1 Å². The van der Waals surface area contributed by atoms with Gasteiger partial charge in [0.05, 0.1) is 39.3 Å². The predicted octanol–water partition coefficient (Wildman–Crippen LogP) is 3.80. The summed E-state index contributed by atoms with van der Waals surface area (Å²) in [4.78, 5) is 26.8. The van der Waals surface area contributed by atoms with Crippen LogP contribution in [0.15, 0.2) is 12.1 Å². The third-order valence-corrected chi connectivity index (χ3v) is 7.12. The van der Waals surface area contributed by atoms with E-state index in [9.17, 15) is 4.79 Å². The zero-order valence-corrected chi connectivity index (χ0v) is 20.3. The molecule has 1 aromatic carbocycles. The fourth-order valence-electron chi connectivity index (χ4n) is 5.20. The number of carbonyl (C=O) groups excluding carboxylic acids is 1. The first kappa shape index (κ1) is 23.5. The lowest BCUT2D eigenvalue weighted by Crippen LogP contribution is -2.39. The zero-order chi connectivity index (χ0) is 23.4. The molecule has 0 bridgehead atoms. The number of nitrogens with zero attached hydrogens (tertiary/aromatic N) is 4. The average Bonchev–Trinajstić information content (AvgIpc) is 2.87. The number of carbonyl (C=O) groups is 1. The molecule has 33 heavy (non-hydrogen) atoms. The van der Waals surface area contributed by atoms with Gasteiger partial charge in [-0.2, -0.15) is 0 Å². The van der Waals surface area contributed by atoms with E-state index < -0.39 is 0 Å². The van der Waals surface area contributed by atoms with E-state index >= 15 is 0 Å². The summed E-state index contributed by atoms with van der Waals surface area (Å²) in [7, 11) is 4.74. The maximum absolute atomic E-state index is 12.0. The summed E-state index contributed by atoms with van der Waals surface area (Å²) in [5.41, 5.74) is 0.854. The number of rotatable bonds is 7. The molecule has 4 rings (SSSR count).